The minimum atomic E-state index is -0.0762. The SMILES string of the molecule is CC(=O)NCCOc1ccc(-c2ccc(C=O)o2)cc1. The monoisotopic (exact) mass is 273 g/mol. The van der Waals surface area contributed by atoms with Crippen LogP contribution in [0.15, 0.2) is 40.8 Å². The van der Waals surface area contributed by atoms with E-state index in [9.17, 15) is 9.59 Å². The zero-order valence-corrected chi connectivity index (χ0v) is 11.1. The van der Waals surface area contributed by atoms with E-state index in [4.69, 9.17) is 9.15 Å². The Hall–Kier alpha value is -2.56. The van der Waals surface area contributed by atoms with Crippen molar-refractivity contribution in [3.8, 4) is 17.1 Å². The summed E-state index contributed by atoms with van der Waals surface area (Å²) in [6.07, 6.45) is 0.670. The lowest BCUT2D eigenvalue weighted by atomic mass is 10.2. The van der Waals surface area contributed by atoms with Crippen LogP contribution in [-0.2, 0) is 4.79 Å². The van der Waals surface area contributed by atoms with Gasteiger partial charge in [-0.1, -0.05) is 0 Å². The fraction of sp³-hybridized carbons (Fsp3) is 0.200. The van der Waals surface area contributed by atoms with E-state index in [-0.39, 0.29) is 5.91 Å². The van der Waals surface area contributed by atoms with Gasteiger partial charge < -0.3 is 14.5 Å². The number of hydrogen-bond donors (Lipinski definition) is 1. The third-order valence-electron chi connectivity index (χ3n) is 2.63. The molecule has 0 bridgehead atoms. The predicted octanol–water partition coefficient (Wildman–Crippen LogP) is 2.27. The summed E-state index contributed by atoms with van der Waals surface area (Å²) in [5.41, 5.74) is 0.868. The maximum absolute atomic E-state index is 10.7. The van der Waals surface area contributed by atoms with Crippen molar-refractivity contribution in [3.63, 3.8) is 0 Å². The van der Waals surface area contributed by atoms with Crippen molar-refractivity contribution in [2.75, 3.05) is 13.2 Å². The first-order chi connectivity index (χ1) is 9.69. The number of amides is 1. The van der Waals surface area contributed by atoms with Gasteiger partial charge in [-0.25, -0.2) is 0 Å². The minimum absolute atomic E-state index is 0.0762. The molecule has 0 aliphatic heterocycles. The molecular weight excluding hydrogens is 258 g/mol. The highest BCUT2D eigenvalue weighted by atomic mass is 16.5. The first-order valence-electron chi connectivity index (χ1n) is 6.22. The van der Waals surface area contributed by atoms with E-state index in [1.807, 2.05) is 24.3 Å². The molecule has 2 rings (SSSR count). The van der Waals surface area contributed by atoms with Crippen LogP contribution in [0, 0.1) is 0 Å². The van der Waals surface area contributed by atoms with Crippen molar-refractivity contribution in [1.82, 2.24) is 5.32 Å². The van der Waals surface area contributed by atoms with Gasteiger partial charge >= 0.3 is 0 Å². The van der Waals surface area contributed by atoms with Crippen LogP contribution < -0.4 is 10.1 Å². The second-order valence-electron chi connectivity index (χ2n) is 4.18. The van der Waals surface area contributed by atoms with Crippen molar-refractivity contribution in [2.24, 2.45) is 0 Å². The molecule has 20 heavy (non-hydrogen) atoms. The molecule has 0 aliphatic rings. The summed E-state index contributed by atoms with van der Waals surface area (Å²) in [5.74, 6) is 1.57. The lowest BCUT2D eigenvalue weighted by molar-refractivity contribution is -0.119. The quantitative estimate of drug-likeness (QED) is 0.647. The largest absolute Gasteiger partial charge is 0.492 e. The Bertz CT molecular complexity index is 586. The van der Waals surface area contributed by atoms with E-state index in [0.717, 1.165) is 5.56 Å². The van der Waals surface area contributed by atoms with Gasteiger partial charge in [0, 0.05) is 12.5 Å². The van der Waals surface area contributed by atoms with Crippen LogP contribution in [0.5, 0.6) is 5.75 Å². The molecule has 104 valence electrons. The van der Waals surface area contributed by atoms with Gasteiger partial charge in [-0.2, -0.15) is 0 Å². The van der Waals surface area contributed by atoms with Gasteiger partial charge in [-0.05, 0) is 36.4 Å². The molecule has 5 nitrogen and oxygen atoms in total. The summed E-state index contributed by atoms with van der Waals surface area (Å²) < 4.78 is 10.8. The molecule has 1 amide bonds. The van der Waals surface area contributed by atoms with E-state index in [1.165, 1.54) is 6.92 Å². The van der Waals surface area contributed by atoms with Crippen LogP contribution >= 0.6 is 0 Å². The Morgan fingerprint density at radius 3 is 2.60 bits per heavy atom. The molecule has 0 radical (unpaired) electrons. The molecule has 1 N–H and O–H groups in total. The van der Waals surface area contributed by atoms with Gasteiger partial charge in [0.2, 0.25) is 5.91 Å². The molecule has 1 aromatic carbocycles. The third kappa shape index (κ3) is 3.71. The van der Waals surface area contributed by atoms with Crippen molar-refractivity contribution < 1.29 is 18.7 Å². The van der Waals surface area contributed by atoms with E-state index >= 15 is 0 Å². The van der Waals surface area contributed by atoms with Gasteiger partial charge in [0.15, 0.2) is 12.0 Å². The molecule has 0 saturated heterocycles. The van der Waals surface area contributed by atoms with Crippen LogP contribution in [0.3, 0.4) is 0 Å². The molecular formula is C15H15NO4. The molecule has 5 heteroatoms. The number of aldehydes is 1. The second kappa shape index (κ2) is 6.56. The third-order valence-corrected chi connectivity index (χ3v) is 2.63. The van der Waals surface area contributed by atoms with Gasteiger partial charge in [0.05, 0.1) is 6.54 Å². The Balaban J connectivity index is 1.92. The summed E-state index contributed by atoms with van der Waals surface area (Å²) in [6.45, 7) is 2.35. The maximum Gasteiger partial charge on any atom is 0.216 e. The van der Waals surface area contributed by atoms with Gasteiger partial charge in [0.25, 0.3) is 0 Å². The fourth-order valence-corrected chi connectivity index (χ4v) is 1.68. The molecule has 0 spiro atoms. The van der Waals surface area contributed by atoms with Gasteiger partial charge in [-0.3, -0.25) is 9.59 Å². The highest BCUT2D eigenvalue weighted by Crippen LogP contribution is 2.23. The topological polar surface area (TPSA) is 68.5 Å². The van der Waals surface area contributed by atoms with Crippen LogP contribution in [0.2, 0.25) is 0 Å². The standard InChI is InChI=1S/C15H15NO4/c1-11(18)16-8-9-19-13-4-2-12(3-5-13)15-7-6-14(10-17)20-15/h2-7,10H,8-9H2,1H3,(H,16,18). The minimum Gasteiger partial charge on any atom is -0.492 e. The lowest BCUT2D eigenvalue weighted by Crippen LogP contribution is -2.25. The summed E-state index contributed by atoms with van der Waals surface area (Å²) >= 11 is 0. The number of furan rings is 1. The number of carbonyl (C=O) groups excluding carboxylic acids is 2. The van der Waals surface area contributed by atoms with Crippen molar-refractivity contribution in [2.45, 2.75) is 6.92 Å². The average molecular weight is 273 g/mol. The lowest BCUT2D eigenvalue weighted by Gasteiger charge is -2.06. The molecule has 0 saturated carbocycles. The summed E-state index contributed by atoms with van der Waals surface area (Å²) in [6, 6.07) is 10.7. The van der Waals surface area contributed by atoms with Gasteiger partial charge in [-0.15, -0.1) is 0 Å². The Labute approximate surface area is 116 Å². The molecule has 0 atom stereocenters. The summed E-state index contributed by atoms with van der Waals surface area (Å²) in [5, 5.41) is 2.65. The molecule has 0 fully saturated rings. The Morgan fingerprint density at radius 1 is 1.25 bits per heavy atom. The van der Waals surface area contributed by atoms with Crippen LogP contribution in [0.25, 0.3) is 11.3 Å². The second-order valence-corrected chi connectivity index (χ2v) is 4.18. The van der Waals surface area contributed by atoms with E-state index in [0.29, 0.717) is 36.7 Å². The van der Waals surface area contributed by atoms with Crippen LogP contribution in [0.4, 0.5) is 0 Å². The smallest absolute Gasteiger partial charge is 0.216 e. The van der Waals surface area contributed by atoms with Crippen molar-refractivity contribution >= 4 is 12.2 Å². The first-order valence-corrected chi connectivity index (χ1v) is 6.22. The molecule has 0 unspecified atom stereocenters. The number of ether oxygens (including phenoxy) is 1. The summed E-state index contributed by atoms with van der Waals surface area (Å²) in [4.78, 5) is 21.2. The fourth-order valence-electron chi connectivity index (χ4n) is 1.68. The highest BCUT2D eigenvalue weighted by molar-refractivity contribution is 5.73. The number of carbonyl (C=O) groups is 2. The average Bonchev–Trinajstić information content (AvgIpc) is 2.93. The Kier molecular flexibility index (Phi) is 4.55. The number of benzene rings is 1. The van der Waals surface area contributed by atoms with Crippen LogP contribution in [-0.4, -0.2) is 25.3 Å². The highest BCUT2D eigenvalue weighted by Gasteiger charge is 2.04. The molecule has 1 aromatic heterocycles. The predicted molar refractivity (Wildman–Crippen MR) is 73.7 cm³/mol. The molecule has 2 aromatic rings. The number of nitrogens with one attached hydrogen (secondary N) is 1. The number of hydrogen-bond acceptors (Lipinski definition) is 4. The molecule has 1 heterocycles. The first kappa shape index (κ1) is 13.9. The Morgan fingerprint density at radius 2 is 2.00 bits per heavy atom. The number of rotatable bonds is 6. The van der Waals surface area contributed by atoms with Gasteiger partial charge in [0.1, 0.15) is 18.1 Å². The van der Waals surface area contributed by atoms with Crippen molar-refractivity contribution in [3.05, 3.63) is 42.2 Å². The van der Waals surface area contributed by atoms with E-state index in [1.54, 1.807) is 12.1 Å². The zero-order valence-electron chi connectivity index (χ0n) is 11.1. The normalized spacial score (nSPS) is 10.1. The van der Waals surface area contributed by atoms with E-state index in [2.05, 4.69) is 5.32 Å². The van der Waals surface area contributed by atoms with Crippen molar-refractivity contribution in [1.29, 1.82) is 0 Å². The summed E-state index contributed by atoms with van der Waals surface area (Å²) in [7, 11) is 0. The molecule has 0 aliphatic carbocycles. The van der Waals surface area contributed by atoms with E-state index < -0.39 is 0 Å². The van der Waals surface area contributed by atoms with Crippen LogP contribution in [0.1, 0.15) is 17.5 Å². The zero-order chi connectivity index (χ0) is 14.4. The maximum atomic E-state index is 10.7.